The molecule has 0 saturated heterocycles. The van der Waals surface area contributed by atoms with Gasteiger partial charge in [0.25, 0.3) is 0 Å². The van der Waals surface area contributed by atoms with Gasteiger partial charge in [-0.1, -0.05) is 54.6 Å². The fraction of sp³-hybridized carbons (Fsp3) is 0. The van der Waals surface area contributed by atoms with Gasteiger partial charge in [-0.3, -0.25) is 4.79 Å². The molecule has 0 radical (unpaired) electrons. The van der Waals surface area contributed by atoms with Crippen LogP contribution < -0.4 is 0 Å². The Morgan fingerprint density at radius 3 is 1.92 bits per heavy atom. The van der Waals surface area contributed by atoms with Crippen molar-refractivity contribution in [1.29, 1.82) is 0 Å². The summed E-state index contributed by atoms with van der Waals surface area (Å²) in [6.07, 6.45) is 0. The van der Waals surface area contributed by atoms with Gasteiger partial charge in [-0.2, -0.15) is 0 Å². The molecule has 0 aliphatic carbocycles. The standard InChI is InChI=1S/C20H14O4/c21-18-12-14(13-6-2-1-3-7-13)10-11-17(18)19(22)15-8-4-5-9-16(15)20(23)24/h1-12,21H,(H,23,24). The van der Waals surface area contributed by atoms with Gasteiger partial charge in [0, 0.05) is 5.56 Å². The SMILES string of the molecule is O=C(O)c1ccccc1C(=O)c1ccc(-c2ccccc2)cc1O. The van der Waals surface area contributed by atoms with Gasteiger partial charge >= 0.3 is 5.97 Å². The van der Waals surface area contributed by atoms with Gasteiger partial charge in [-0.15, -0.1) is 0 Å². The highest BCUT2D eigenvalue weighted by molar-refractivity contribution is 6.15. The van der Waals surface area contributed by atoms with Crippen molar-refractivity contribution < 1.29 is 19.8 Å². The lowest BCUT2D eigenvalue weighted by molar-refractivity contribution is 0.0692. The minimum atomic E-state index is -1.18. The van der Waals surface area contributed by atoms with E-state index in [4.69, 9.17) is 0 Å². The van der Waals surface area contributed by atoms with Crippen LogP contribution in [0.1, 0.15) is 26.3 Å². The first-order valence-electron chi connectivity index (χ1n) is 7.33. The van der Waals surface area contributed by atoms with Gasteiger partial charge in [-0.25, -0.2) is 4.79 Å². The molecule has 3 aromatic carbocycles. The van der Waals surface area contributed by atoms with Crippen LogP contribution in [0.4, 0.5) is 0 Å². The zero-order valence-corrected chi connectivity index (χ0v) is 12.6. The topological polar surface area (TPSA) is 74.6 Å². The van der Waals surface area contributed by atoms with Crippen LogP contribution in [-0.4, -0.2) is 22.0 Å². The molecule has 0 unspecified atom stereocenters. The van der Waals surface area contributed by atoms with E-state index >= 15 is 0 Å². The molecule has 0 aliphatic heterocycles. The Hall–Kier alpha value is -3.40. The number of hydrogen-bond acceptors (Lipinski definition) is 3. The van der Waals surface area contributed by atoms with Gasteiger partial charge in [-0.05, 0) is 29.3 Å². The molecule has 0 fully saturated rings. The predicted molar refractivity (Wildman–Crippen MR) is 90.4 cm³/mol. The lowest BCUT2D eigenvalue weighted by Gasteiger charge is -2.09. The van der Waals surface area contributed by atoms with Gasteiger partial charge in [0.1, 0.15) is 5.75 Å². The molecule has 3 aromatic rings. The first kappa shape index (κ1) is 15.5. The normalized spacial score (nSPS) is 10.3. The maximum atomic E-state index is 12.6. The summed E-state index contributed by atoms with van der Waals surface area (Å²) >= 11 is 0. The largest absolute Gasteiger partial charge is 0.507 e. The van der Waals surface area contributed by atoms with Gasteiger partial charge < -0.3 is 10.2 Å². The molecule has 0 amide bonds. The van der Waals surface area contributed by atoms with Gasteiger partial charge in [0.05, 0.1) is 11.1 Å². The smallest absolute Gasteiger partial charge is 0.336 e. The van der Waals surface area contributed by atoms with Crippen LogP contribution in [0.2, 0.25) is 0 Å². The Morgan fingerprint density at radius 1 is 0.667 bits per heavy atom. The Kier molecular flexibility index (Phi) is 4.12. The molecule has 0 spiro atoms. The van der Waals surface area contributed by atoms with E-state index in [2.05, 4.69) is 0 Å². The van der Waals surface area contributed by atoms with Crippen molar-refractivity contribution in [3.63, 3.8) is 0 Å². The van der Waals surface area contributed by atoms with Crippen molar-refractivity contribution >= 4 is 11.8 Å². The number of phenolic OH excluding ortho intramolecular Hbond substituents is 1. The Balaban J connectivity index is 2.02. The highest BCUT2D eigenvalue weighted by Crippen LogP contribution is 2.28. The molecule has 0 atom stereocenters. The van der Waals surface area contributed by atoms with E-state index in [0.717, 1.165) is 11.1 Å². The average Bonchev–Trinajstić information content (AvgIpc) is 2.62. The number of carbonyl (C=O) groups is 2. The van der Waals surface area contributed by atoms with E-state index < -0.39 is 11.8 Å². The van der Waals surface area contributed by atoms with Crippen molar-refractivity contribution in [2.24, 2.45) is 0 Å². The van der Waals surface area contributed by atoms with Crippen molar-refractivity contribution in [3.05, 3.63) is 89.5 Å². The summed E-state index contributed by atoms with van der Waals surface area (Å²) < 4.78 is 0. The van der Waals surface area contributed by atoms with Crippen LogP contribution in [0.3, 0.4) is 0 Å². The van der Waals surface area contributed by atoms with Crippen molar-refractivity contribution in [2.75, 3.05) is 0 Å². The number of carboxylic acids is 1. The molecular weight excluding hydrogens is 304 g/mol. The minimum absolute atomic E-state index is 0.0489. The molecular formula is C20H14O4. The predicted octanol–water partition coefficient (Wildman–Crippen LogP) is 3.99. The molecule has 0 bridgehead atoms. The third kappa shape index (κ3) is 2.90. The summed E-state index contributed by atoms with van der Waals surface area (Å²) in [7, 11) is 0. The number of benzene rings is 3. The fourth-order valence-electron chi connectivity index (χ4n) is 2.55. The van der Waals surface area contributed by atoms with Crippen molar-refractivity contribution in [2.45, 2.75) is 0 Å². The van der Waals surface area contributed by atoms with Crippen LogP contribution in [0.25, 0.3) is 11.1 Å². The summed E-state index contributed by atoms with van der Waals surface area (Å²) in [6, 6.07) is 20.2. The van der Waals surface area contributed by atoms with Crippen LogP contribution in [0.5, 0.6) is 5.75 Å². The number of hydrogen-bond donors (Lipinski definition) is 2. The second kappa shape index (κ2) is 6.38. The van der Waals surface area contributed by atoms with E-state index in [1.165, 1.54) is 24.3 Å². The Morgan fingerprint density at radius 2 is 1.29 bits per heavy atom. The monoisotopic (exact) mass is 318 g/mol. The first-order chi connectivity index (χ1) is 11.6. The number of carbonyl (C=O) groups excluding carboxylic acids is 1. The van der Waals surface area contributed by atoms with Crippen LogP contribution >= 0.6 is 0 Å². The molecule has 24 heavy (non-hydrogen) atoms. The van der Waals surface area contributed by atoms with Gasteiger partial charge in [0.2, 0.25) is 0 Å². The molecule has 4 heteroatoms. The lowest BCUT2D eigenvalue weighted by Crippen LogP contribution is -2.09. The maximum absolute atomic E-state index is 12.6. The average molecular weight is 318 g/mol. The number of aromatic hydroxyl groups is 1. The van der Waals surface area contributed by atoms with Crippen LogP contribution in [0.15, 0.2) is 72.8 Å². The number of aromatic carboxylic acids is 1. The van der Waals surface area contributed by atoms with E-state index in [0.29, 0.717) is 0 Å². The number of rotatable bonds is 4. The van der Waals surface area contributed by atoms with E-state index in [1.807, 2.05) is 30.3 Å². The zero-order valence-electron chi connectivity index (χ0n) is 12.6. The van der Waals surface area contributed by atoms with Crippen molar-refractivity contribution in [1.82, 2.24) is 0 Å². The summed E-state index contributed by atoms with van der Waals surface area (Å²) in [5.74, 6) is -1.88. The summed E-state index contributed by atoms with van der Waals surface area (Å²) in [5.41, 5.74) is 1.72. The first-order valence-corrected chi connectivity index (χ1v) is 7.33. The van der Waals surface area contributed by atoms with E-state index in [1.54, 1.807) is 18.2 Å². The Labute approximate surface area is 138 Å². The molecule has 3 rings (SSSR count). The second-order valence-corrected chi connectivity index (χ2v) is 5.28. The van der Waals surface area contributed by atoms with E-state index in [9.17, 15) is 19.8 Å². The third-order valence-electron chi connectivity index (χ3n) is 3.75. The Bertz CT molecular complexity index is 914. The molecule has 0 aromatic heterocycles. The highest BCUT2D eigenvalue weighted by atomic mass is 16.4. The minimum Gasteiger partial charge on any atom is -0.507 e. The summed E-state index contributed by atoms with van der Waals surface area (Å²) in [6.45, 7) is 0. The fourth-order valence-corrected chi connectivity index (χ4v) is 2.55. The molecule has 118 valence electrons. The van der Waals surface area contributed by atoms with Gasteiger partial charge in [0.15, 0.2) is 5.78 Å². The number of phenols is 1. The molecule has 4 nitrogen and oxygen atoms in total. The van der Waals surface area contributed by atoms with Crippen LogP contribution in [0, 0.1) is 0 Å². The quantitative estimate of drug-likeness (QED) is 0.713. The summed E-state index contributed by atoms with van der Waals surface area (Å²) in [5, 5.41) is 19.5. The molecule has 0 heterocycles. The maximum Gasteiger partial charge on any atom is 0.336 e. The summed E-state index contributed by atoms with van der Waals surface area (Å²) in [4.78, 5) is 23.9. The number of ketones is 1. The lowest BCUT2D eigenvalue weighted by atomic mass is 9.95. The van der Waals surface area contributed by atoms with Crippen molar-refractivity contribution in [3.8, 4) is 16.9 Å². The van der Waals surface area contributed by atoms with E-state index in [-0.39, 0.29) is 22.4 Å². The molecule has 0 aliphatic rings. The zero-order chi connectivity index (χ0) is 17.1. The second-order valence-electron chi connectivity index (χ2n) is 5.28. The highest BCUT2D eigenvalue weighted by Gasteiger charge is 2.20. The molecule has 2 N–H and O–H groups in total. The molecule has 0 saturated carbocycles. The van der Waals surface area contributed by atoms with Crippen LogP contribution in [-0.2, 0) is 0 Å². The third-order valence-corrected chi connectivity index (χ3v) is 3.75. The number of carboxylic acid groups (broad SMARTS) is 1.